The van der Waals surface area contributed by atoms with Gasteiger partial charge in [-0.15, -0.1) is 5.10 Å². The molecule has 0 saturated heterocycles. The van der Waals surface area contributed by atoms with Gasteiger partial charge >= 0.3 is 0 Å². The van der Waals surface area contributed by atoms with Crippen LogP contribution in [0.5, 0.6) is 17.2 Å². The van der Waals surface area contributed by atoms with E-state index in [2.05, 4.69) is 32.3 Å². The van der Waals surface area contributed by atoms with Crippen LogP contribution in [0.1, 0.15) is 49.0 Å². The molecule has 0 bridgehead atoms. The van der Waals surface area contributed by atoms with E-state index in [-0.39, 0.29) is 18.4 Å². The number of tetrazole rings is 1. The number of nitrogens with one attached hydrogen (secondary N) is 1. The van der Waals surface area contributed by atoms with E-state index in [1.165, 1.54) is 0 Å². The third-order valence-corrected chi connectivity index (χ3v) is 6.97. The fraction of sp³-hybridized carbons (Fsp3) is 0.310. The van der Waals surface area contributed by atoms with Crippen molar-refractivity contribution >= 4 is 10.9 Å². The predicted molar refractivity (Wildman–Crippen MR) is 146 cm³/mol. The summed E-state index contributed by atoms with van der Waals surface area (Å²) in [6, 6.07) is 17.0. The Morgan fingerprint density at radius 3 is 2.80 bits per heavy atom. The summed E-state index contributed by atoms with van der Waals surface area (Å²) in [4.78, 5) is 18.5. The molecule has 11 heteroatoms. The molecule has 4 heterocycles. The molecule has 0 saturated carbocycles. The molecule has 0 fully saturated rings. The molecule has 3 aromatic heterocycles. The summed E-state index contributed by atoms with van der Waals surface area (Å²) in [5.41, 5.74) is 2.26. The van der Waals surface area contributed by atoms with Crippen LogP contribution in [0.3, 0.4) is 0 Å². The van der Waals surface area contributed by atoms with Crippen molar-refractivity contribution in [3.8, 4) is 17.2 Å². The molecule has 6 rings (SSSR count). The van der Waals surface area contributed by atoms with Crippen molar-refractivity contribution in [2.75, 3.05) is 13.4 Å². The van der Waals surface area contributed by atoms with Crippen molar-refractivity contribution in [1.29, 1.82) is 0 Å². The van der Waals surface area contributed by atoms with Crippen LogP contribution in [0.2, 0.25) is 0 Å². The van der Waals surface area contributed by atoms with Crippen molar-refractivity contribution in [3.63, 3.8) is 0 Å². The number of benzene rings is 2. The van der Waals surface area contributed by atoms with Gasteiger partial charge in [0.05, 0.1) is 18.9 Å². The van der Waals surface area contributed by atoms with Gasteiger partial charge in [-0.25, -0.2) is 4.68 Å². The van der Waals surface area contributed by atoms with E-state index >= 15 is 0 Å². The highest BCUT2D eigenvalue weighted by molar-refractivity contribution is 5.80. The topological polar surface area (TPSA) is 121 Å². The molecule has 40 heavy (non-hydrogen) atoms. The van der Waals surface area contributed by atoms with Gasteiger partial charge in [0.25, 0.3) is 5.56 Å². The van der Waals surface area contributed by atoms with Crippen LogP contribution in [0.25, 0.3) is 10.9 Å². The van der Waals surface area contributed by atoms with Gasteiger partial charge in [-0.05, 0) is 77.9 Å². The smallest absolute Gasteiger partial charge is 0.252 e. The highest BCUT2D eigenvalue weighted by Gasteiger charge is 2.27. The van der Waals surface area contributed by atoms with E-state index in [4.69, 9.17) is 18.6 Å². The third kappa shape index (κ3) is 5.28. The van der Waals surface area contributed by atoms with E-state index in [9.17, 15) is 4.79 Å². The van der Waals surface area contributed by atoms with Gasteiger partial charge in [-0.3, -0.25) is 9.69 Å². The number of hydrogen-bond acceptors (Lipinski definition) is 9. The molecule has 1 atom stereocenters. The minimum atomic E-state index is -0.194. The van der Waals surface area contributed by atoms with Gasteiger partial charge in [-0.1, -0.05) is 13.0 Å². The largest absolute Gasteiger partial charge is 0.494 e. The first-order valence-corrected chi connectivity index (χ1v) is 13.3. The molecule has 1 N–H and O–H groups in total. The van der Waals surface area contributed by atoms with Crippen molar-refractivity contribution in [2.45, 2.75) is 45.9 Å². The molecule has 0 amide bonds. The number of furan rings is 1. The van der Waals surface area contributed by atoms with E-state index in [0.717, 1.165) is 33.7 Å². The zero-order chi connectivity index (χ0) is 27.5. The maximum absolute atomic E-state index is 13.3. The van der Waals surface area contributed by atoms with Gasteiger partial charge in [0.15, 0.2) is 17.3 Å². The fourth-order valence-electron chi connectivity index (χ4n) is 5.09. The molecular formula is C29H30N6O5. The number of aromatic nitrogens is 5. The Hall–Kier alpha value is -4.64. The van der Waals surface area contributed by atoms with Crippen LogP contribution in [0.15, 0.2) is 70.1 Å². The molecule has 5 aromatic rings. The summed E-state index contributed by atoms with van der Waals surface area (Å²) in [5, 5.41) is 13.5. The molecule has 11 nitrogen and oxygen atoms in total. The number of nitrogens with zero attached hydrogens (tertiary/aromatic N) is 5. The van der Waals surface area contributed by atoms with E-state index in [1.54, 1.807) is 10.9 Å². The summed E-state index contributed by atoms with van der Waals surface area (Å²) in [5.74, 6) is 3.63. The normalized spacial score (nSPS) is 13.3. The standard InChI is InChI=1S/C29H30N6O5/c1-3-25(28-31-32-33-35(28)17-23-6-5-11-38-23)34(15-19-7-10-26-27(12-19)40-18-39-26)16-21-13-20-14-22(37-4-2)8-9-24(20)30-29(21)36/h5-14,25H,3-4,15-18H2,1-2H3,(H,30,36)/t25-/m0/s1. The van der Waals surface area contributed by atoms with Gasteiger partial charge in [0.1, 0.15) is 18.1 Å². The summed E-state index contributed by atoms with van der Waals surface area (Å²) < 4.78 is 24.1. The lowest BCUT2D eigenvalue weighted by molar-refractivity contribution is 0.160. The van der Waals surface area contributed by atoms with Crippen LogP contribution in [0, 0.1) is 0 Å². The average Bonchev–Trinajstić information content (AvgIpc) is 3.73. The Labute approximate surface area is 230 Å². The van der Waals surface area contributed by atoms with Gasteiger partial charge in [0.2, 0.25) is 6.79 Å². The number of H-pyrrole nitrogens is 1. The summed E-state index contributed by atoms with van der Waals surface area (Å²) >= 11 is 0. The number of aromatic amines is 1. The van der Waals surface area contributed by atoms with Crippen LogP contribution >= 0.6 is 0 Å². The number of ether oxygens (including phenoxy) is 3. The minimum absolute atomic E-state index is 0.141. The lowest BCUT2D eigenvalue weighted by Gasteiger charge is -2.30. The summed E-state index contributed by atoms with van der Waals surface area (Å²) in [7, 11) is 0. The Bertz CT molecular complexity index is 1660. The molecule has 0 radical (unpaired) electrons. The molecule has 0 unspecified atom stereocenters. The van der Waals surface area contributed by atoms with E-state index in [1.807, 2.05) is 61.5 Å². The van der Waals surface area contributed by atoms with Gasteiger partial charge < -0.3 is 23.6 Å². The lowest BCUT2D eigenvalue weighted by atomic mass is 10.1. The van der Waals surface area contributed by atoms with Crippen LogP contribution in [-0.4, -0.2) is 43.5 Å². The number of pyridine rings is 1. The second-order valence-corrected chi connectivity index (χ2v) is 9.60. The van der Waals surface area contributed by atoms with Crippen molar-refractivity contribution < 1.29 is 18.6 Å². The van der Waals surface area contributed by atoms with Crippen LogP contribution < -0.4 is 19.8 Å². The summed E-state index contributed by atoms with van der Waals surface area (Å²) in [6.07, 6.45) is 2.34. The van der Waals surface area contributed by atoms with Crippen molar-refractivity contribution in [1.82, 2.24) is 30.1 Å². The number of fused-ring (bicyclic) bond motifs is 2. The maximum Gasteiger partial charge on any atom is 0.252 e. The molecule has 0 aliphatic carbocycles. The molecule has 0 spiro atoms. The van der Waals surface area contributed by atoms with Crippen LogP contribution in [-0.2, 0) is 19.6 Å². The highest BCUT2D eigenvalue weighted by Crippen LogP contribution is 2.34. The SMILES string of the molecule is CCOc1ccc2[nH]c(=O)c(CN(Cc3ccc4c(c3)OCO4)[C@@H](CC)c3nnnn3Cc3ccco3)cc2c1. The fourth-order valence-corrected chi connectivity index (χ4v) is 5.09. The first-order valence-electron chi connectivity index (χ1n) is 13.3. The molecule has 2 aromatic carbocycles. The van der Waals surface area contributed by atoms with Gasteiger partial charge in [-0.2, -0.15) is 0 Å². The zero-order valence-electron chi connectivity index (χ0n) is 22.4. The monoisotopic (exact) mass is 542 g/mol. The van der Waals surface area contributed by atoms with Gasteiger partial charge in [0, 0.05) is 29.6 Å². The Morgan fingerprint density at radius 2 is 1.98 bits per heavy atom. The van der Waals surface area contributed by atoms with Crippen molar-refractivity contribution in [2.24, 2.45) is 0 Å². The first-order chi connectivity index (χ1) is 19.6. The maximum atomic E-state index is 13.3. The number of hydrogen-bond donors (Lipinski definition) is 1. The Morgan fingerprint density at radius 1 is 1.07 bits per heavy atom. The number of rotatable bonds is 11. The molecule has 206 valence electrons. The molecule has 1 aliphatic heterocycles. The lowest BCUT2D eigenvalue weighted by Crippen LogP contribution is -2.32. The van der Waals surface area contributed by atoms with E-state index in [0.29, 0.717) is 49.8 Å². The average molecular weight is 543 g/mol. The second-order valence-electron chi connectivity index (χ2n) is 9.60. The second kappa shape index (κ2) is 11.2. The summed E-state index contributed by atoms with van der Waals surface area (Å²) in [6.45, 7) is 6.10. The van der Waals surface area contributed by atoms with E-state index < -0.39 is 0 Å². The Balaban J connectivity index is 1.37. The minimum Gasteiger partial charge on any atom is -0.494 e. The zero-order valence-corrected chi connectivity index (χ0v) is 22.4. The Kier molecular flexibility index (Phi) is 7.19. The quantitative estimate of drug-likeness (QED) is 0.258. The predicted octanol–water partition coefficient (Wildman–Crippen LogP) is 4.44. The third-order valence-electron chi connectivity index (χ3n) is 6.97. The molecular weight excluding hydrogens is 512 g/mol. The molecule has 1 aliphatic rings. The van der Waals surface area contributed by atoms with Crippen molar-refractivity contribution in [3.05, 3.63) is 93.9 Å². The highest BCUT2D eigenvalue weighted by atomic mass is 16.7. The van der Waals surface area contributed by atoms with Crippen LogP contribution in [0.4, 0.5) is 0 Å². The first kappa shape index (κ1) is 25.6.